The van der Waals surface area contributed by atoms with E-state index in [1.807, 2.05) is 47.4 Å². The van der Waals surface area contributed by atoms with Crippen LogP contribution in [0.25, 0.3) is 0 Å². The fraction of sp³-hybridized carbons (Fsp3) is 0.408. The molecule has 4 aromatic rings. The molecule has 8 rings (SSSR count). The molecule has 2 saturated heterocycles. The zero-order valence-electron chi connectivity index (χ0n) is 37.5. The zero-order valence-corrected chi connectivity index (χ0v) is 38.3. The second-order valence-corrected chi connectivity index (χ2v) is 17.4. The number of para-hydroxylation sites is 1. The Morgan fingerprint density at radius 2 is 1.67 bits per heavy atom. The van der Waals surface area contributed by atoms with Crippen LogP contribution < -0.4 is 36.8 Å². The third-order valence-corrected chi connectivity index (χ3v) is 12.9. The van der Waals surface area contributed by atoms with Gasteiger partial charge in [-0.3, -0.25) is 24.5 Å². The number of aromatic nitrogens is 2. The molecular weight excluding hydrogens is 874 g/mol. The number of amides is 6. The molecule has 4 aliphatic rings. The lowest BCUT2D eigenvalue weighted by Gasteiger charge is -2.37. The van der Waals surface area contributed by atoms with E-state index in [0.29, 0.717) is 85.3 Å². The molecule has 3 aliphatic heterocycles. The van der Waals surface area contributed by atoms with Crippen LogP contribution in [0, 0.1) is 11.8 Å². The third-order valence-electron chi connectivity index (χ3n) is 12.6. The molecule has 18 heteroatoms. The fourth-order valence-electron chi connectivity index (χ4n) is 8.89. The van der Waals surface area contributed by atoms with Crippen LogP contribution in [-0.4, -0.2) is 121 Å². The van der Waals surface area contributed by atoms with Gasteiger partial charge in [-0.15, -0.1) is 0 Å². The number of hydrogen-bond acceptors (Lipinski definition) is 12. The predicted octanol–water partition coefficient (Wildman–Crippen LogP) is 5.32. The molecule has 6 N–H and O–H groups in total. The van der Waals surface area contributed by atoms with Crippen LogP contribution in [-0.2, 0) is 20.9 Å². The van der Waals surface area contributed by atoms with Crippen molar-refractivity contribution in [2.24, 2.45) is 0 Å². The van der Waals surface area contributed by atoms with Gasteiger partial charge in [-0.2, -0.15) is 4.98 Å². The number of carbonyl (C=O) groups is 5. The number of carbonyl (C=O) groups excluding carboxylic acids is 5. The van der Waals surface area contributed by atoms with Crippen LogP contribution in [0.5, 0.6) is 0 Å². The third kappa shape index (κ3) is 11.8. The molecule has 67 heavy (non-hydrogen) atoms. The van der Waals surface area contributed by atoms with Crippen LogP contribution in [0.1, 0.15) is 83.2 Å². The summed E-state index contributed by atoms with van der Waals surface area (Å²) < 4.78 is 5.84. The first-order valence-electron chi connectivity index (χ1n) is 23.0. The van der Waals surface area contributed by atoms with Crippen LogP contribution in [0.15, 0.2) is 72.9 Å². The van der Waals surface area contributed by atoms with Gasteiger partial charge in [-0.05, 0) is 99.2 Å². The number of rotatable bonds is 15. The second-order valence-electron chi connectivity index (χ2n) is 17.0. The number of piperazine rings is 1. The quantitative estimate of drug-likeness (QED) is 0.0510. The minimum Gasteiger partial charge on any atom is -0.380 e. The number of urea groups is 1. The largest absolute Gasteiger partial charge is 0.380 e. The van der Waals surface area contributed by atoms with Crippen LogP contribution >= 0.6 is 11.6 Å². The Balaban J connectivity index is 0.683. The lowest BCUT2D eigenvalue weighted by Crippen LogP contribution is -2.54. The molecule has 0 spiro atoms. The van der Waals surface area contributed by atoms with Crippen molar-refractivity contribution in [1.82, 2.24) is 41.0 Å². The standard InChI is InChI=1S/C49H56ClN11O6/c1-51-45(63)38-10-2-3-12-41(38)56-44-40(50)30-53-48(58-44)54-34-17-19-36(20-18-34)59-24-26-60(27-25-59)49(66)55-35-15-13-33(14-16-35)52-23-7-29-67-28-5-4-8-32-9-6-11-37-39(32)31-61(47(37)65)42-21-22-43(62)57-46(42)64/h2-3,6,9-12,17-20,30,33,35,42,52H,5,7,13-16,21-29,31H2,1H3,(H,51,63)(H,55,66)(H,57,62,64)(H2,53,54,56,58). The average Bonchev–Trinajstić information content (AvgIpc) is 3.68. The smallest absolute Gasteiger partial charge is 0.317 e. The number of piperidine rings is 1. The molecule has 350 valence electrons. The van der Waals surface area contributed by atoms with Crippen molar-refractivity contribution in [1.29, 1.82) is 0 Å². The van der Waals surface area contributed by atoms with Crippen molar-refractivity contribution in [3.05, 3.63) is 100 Å². The van der Waals surface area contributed by atoms with Crippen molar-refractivity contribution in [3.63, 3.8) is 0 Å². The van der Waals surface area contributed by atoms with Crippen molar-refractivity contribution in [3.8, 4) is 11.8 Å². The molecule has 1 atom stereocenters. The van der Waals surface area contributed by atoms with E-state index in [1.165, 1.54) is 6.20 Å². The first kappa shape index (κ1) is 46.8. The highest BCUT2D eigenvalue weighted by Gasteiger charge is 2.39. The highest BCUT2D eigenvalue weighted by atomic mass is 35.5. The number of nitrogens with one attached hydrogen (secondary N) is 6. The summed E-state index contributed by atoms with van der Waals surface area (Å²) >= 11 is 6.41. The molecule has 6 amide bonds. The van der Waals surface area contributed by atoms with E-state index < -0.39 is 11.9 Å². The van der Waals surface area contributed by atoms with Crippen LogP contribution in [0.4, 0.5) is 33.6 Å². The normalized spacial score (nSPS) is 19.2. The minimum atomic E-state index is -0.650. The van der Waals surface area contributed by atoms with Crippen molar-refractivity contribution in [2.45, 2.75) is 76.0 Å². The van der Waals surface area contributed by atoms with E-state index in [1.54, 1.807) is 36.2 Å². The SMILES string of the molecule is CNC(=O)c1ccccc1Nc1nc(Nc2ccc(N3CCN(C(=O)NC4CCC(NCCCOCCC#Cc5cccc6c5CN(C5CCC(=O)NC5=O)C6=O)CC4)CC3)cc2)ncc1Cl. The lowest BCUT2D eigenvalue weighted by molar-refractivity contribution is -0.136. The number of benzene rings is 3. The Labute approximate surface area is 395 Å². The summed E-state index contributed by atoms with van der Waals surface area (Å²) in [6.07, 6.45) is 7.40. The fourth-order valence-corrected chi connectivity index (χ4v) is 9.03. The molecule has 1 aliphatic carbocycles. The summed E-state index contributed by atoms with van der Waals surface area (Å²) in [6.45, 7) is 5.04. The molecule has 1 unspecified atom stereocenters. The zero-order chi connectivity index (χ0) is 46.7. The van der Waals surface area contributed by atoms with Gasteiger partial charge in [0.2, 0.25) is 17.8 Å². The summed E-state index contributed by atoms with van der Waals surface area (Å²) in [5.41, 5.74) is 5.04. The van der Waals surface area contributed by atoms with Gasteiger partial charge in [0.15, 0.2) is 5.82 Å². The summed E-state index contributed by atoms with van der Waals surface area (Å²) in [6, 6.07) is 20.5. The number of ether oxygens (including phenoxy) is 1. The first-order valence-corrected chi connectivity index (χ1v) is 23.4. The number of hydrogen-bond donors (Lipinski definition) is 6. The van der Waals surface area contributed by atoms with Gasteiger partial charge in [-0.1, -0.05) is 41.6 Å². The molecular formula is C49H56ClN11O6. The summed E-state index contributed by atoms with van der Waals surface area (Å²) in [4.78, 5) is 77.3. The lowest BCUT2D eigenvalue weighted by atomic mass is 9.91. The average molecular weight is 931 g/mol. The maximum Gasteiger partial charge on any atom is 0.317 e. The van der Waals surface area contributed by atoms with E-state index in [9.17, 15) is 24.0 Å². The van der Waals surface area contributed by atoms with E-state index >= 15 is 0 Å². The van der Waals surface area contributed by atoms with E-state index in [2.05, 4.69) is 58.6 Å². The minimum absolute atomic E-state index is 0.00518. The Hall–Kier alpha value is -6.74. The van der Waals surface area contributed by atoms with Gasteiger partial charge in [0.25, 0.3) is 11.8 Å². The Kier molecular flexibility index (Phi) is 15.5. The number of fused-ring (bicyclic) bond motifs is 1. The topological polar surface area (TPSA) is 202 Å². The van der Waals surface area contributed by atoms with Gasteiger partial charge in [0.05, 0.1) is 24.1 Å². The summed E-state index contributed by atoms with van der Waals surface area (Å²) in [5, 5.41) is 18.6. The molecule has 0 bridgehead atoms. The van der Waals surface area contributed by atoms with Gasteiger partial charge >= 0.3 is 6.03 Å². The molecule has 3 fully saturated rings. The molecule has 1 saturated carbocycles. The molecule has 17 nitrogen and oxygen atoms in total. The van der Waals surface area contributed by atoms with E-state index in [0.717, 1.165) is 74.2 Å². The second kappa shape index (κ2) is 22.2. The molecule has 3 aromatic carbocycles. The van der Waals surface area contributed by atoms with Crippen LogP contribution in [0.3, 0.4) is 0 Å². The Morgan fingerprint density at radius 3 is 2.45 bits per heavy atom. The van der Waals surface area contributed by atoms with E-state index in [-0.39, 0.29) is 36.2 Å². The molecule has 0 radical (unpaired) electrons. The van der Waals surface area contributed by atoms with Gasteiger partial charge in [0.1, 0.15) is 11.1 Å². The van der Waals surface area contributed by atoms with Crippen molar-refractivity contribution >= 4 is 70.1 Å². The summed E-state index contributed by atoms with van der Waals surface area (Å²) in [7, 11) is 1.58. The van der Waals surface area contributed by atoms with Gasteiger partial charge in [-0.25, -0.2) is 9.78 Å². The molecule has 4 heterocycles. The summed E-state index contributed by atoms with van der Waals surface area (Å²) in [5.74, 6) is 5.91. The maximum atomic E-state index is 13.2. The predicted molar refractivity (Wildman–Crippen MR) is 256 cm³/mol. The highest BCUT2D eigenvalue weighted by molar-refractivity contribution is 6.33. The maximum absolute atomic E-state index is 13.2. The number of imide groups is 1. The highest BCUT2D eigenvalue weighted by Crippen LogP contribution is 2.31. The Morgan fingerprint density at radius 1 is 0.896 bits per heavy atom. The van der Waals surface area contributed by atoms with Gasteiger partial charge in [0, 0.05) is 93.8 Å². The monoisotopic (exact) mass is 929 g/mol. The number of nitrogens with zero attached hydrogens (tertiary/aromatic N) is 5. The Bertz CT molecular complexity index is 2510. The number of anilines is 5. The van der Waals surface area contributed by atoms with Crippen molar-refractivity contribution < 1.29 is 28.7 Å². The number of halogens is 1. The molecule has 1 aromatic heterocycles. The van der Waals surface area contributed by atoms with Gasteiger partial charge < -0.3 is 46.0 Å². The first-order chi connectivity index (χ1) is 32.6. The van der Waals surface area contributed by atoms with Crippen molar-refractivity contribution in [2.75, 3.05) is 68.5 Å². The van der Waals surface area contributed by atoms with Crippen LogP contribution in [0.2, 0.25) is 5.02 Å². The van der Waals surface area contributed by atoms with E-state index in [4.69, 9.17) is 16.3 Å².